The minimum Gasteiger partial charge on any atom is -0.341 e. The van der Waals surface area contributed by atoms with Gasteiger partial charge in [-0.2, -0.15) is 0 Å². The molecular weight excluding hydrogens is 444 g/mol. The monoisotopic (exact) mass is 472 g/mol. The summed E-state index contributed by atoms with van der Waals surface area (Å²) in [4.78, 5) is 39.8. The molecule has 170 valence electrons. The van der Waals surface area contributed by atoms with Crippen molar-refractivity contribution in [2.45, 2.75) is 55.9 Å². The van der Waals surface area contributed by atoms with Crippen LogP contribution in [0.5, 0.6) is 0 Å². The SMILES string of the molecule is Cc1cc(-c2ccc(Cl)cc2)nc(SC(C(=O)N2CCCCC2)C(=O)N2CCCCC2)n1. The van der Waals surface area contributed by atoms with Crippen LogP contribution in [0.2, 0.25) is 5.02 Å². The molecule has 3 heterocycles. The molecule has 2 saturated heterocycles. The Bertz CT molecular complexity index is 927. The van der Waals surface area contributed by atoms with Gasteiger partial charge in [0.1, 0.15) is 0 Å². The highest BCUT2D eigenvalue weighted by atomic mass is 35.5. The van der Waals surface area contributed by atoms with Crippen LogP contribution in [0.1, 0.15) is 44.2 Å². The normalized spacial score (nSPS) is 17.0. The van der Waals surface area contributed by atoms with Crippen molar-refractivity contribution < 1.29 is 9.59 Å². The molecule has 8 heteroatoms. The van der Waals surface area contributed by atoms with E-state index >= 15 is 0 Å². The van der Waals surface area contributed by atoms with Crippen molar-refractivity contribution in [2.75, 3.05) is 26.2 Å². The Labute approximate surface area is 198 Å². The molecule has 2 aromatic rings. The summed E-state index contributed by atoms with van der Waals surface area (Å²) in [6.45, 7) is 4.77. The van der Waals surface area contributed by atoms with Gasteiger partial charge in [-0.25, -0.2) is 9.97 Å². The first-order chi connectivity index (χ1) is 15.5. The zero-order chi connectivity index (χ0) is 22.5. The van der Waals surface area contributed by atoms with E-state index < -0.39 is 5.25 Å². The van der Waals surface area contributed by atoms with Crippen LogP contribution >= 0.6 is 23.4 Å². The van der Waals surface area contributed by atoms with Crippen LogP contribution in [-0.4, -0.2) is 63.0 Å². The third-order valence-electron chi connectivity index (χ3n) is 5.98. The fraction of sp³-hybridized carbons (Fsp3) is 0.500. The maximum Gasteiger partial charge on any atom is 0.245 e. The summed E-state index contributed by atoms with van der Waals surface area (Å²) in [6, 6.07) is 9.37. The molecule has 0 aliphatic carbocycles. The summed E-state index contributed by atoms with van der Waals surface area (Å²) in [5.74, 6) is -0.216. The molecule has 0 spiro atoms. The molecule has 0 saturated carbocycles. The predicted octanol–water partition coefficient (Wildman–Crippen LogP) is 4.59. The Morgan fingerprint density at radius 2 is 1.41 bits per heavy atom. The summed E-state index contributed by atoms with van der Waals surface area (Å²) in [6.07, 6.45) is 6.22. The maximum absolute atomic E-state index is 13.5. The molecule has 2 fully saturated rings. The Morgan fingerprint density at radius 3 is 1.94 bits per heavy atom. The third-order valence-corrected chi connectivity index (χ3v) is 7.27. The first kappa shape index (κ1) is 23.1. The second-order valence-electron chi connectivity index (χ2n) is 8.45. The zero-order valence-electron chi connectivity index (χ0n) is 18.4. The molecule has 32 heavy (non-hydrogen) atoms. The fourth-order valence-electron chi connectivity index (χ4n) is 4.23. The number of rotatable bonds is 5. The van der Waals surface area contributed by atoms with Crippen molar-refractivity contribution in [1.29, 1.82) is 0 Å². The van der Waals surface area contributed by atoms with E-state index in [1.807, 2.05) is 47.1 Å². The predicted molar refractivity (Wildman–Crippen MR) is 128 cm³/mol. The third kappa shape index (κ3) is 5.62. The molecule has 0 unspecified atom stereocenters. The van der Waals surface area contributed by atoms with E-state index in [9.17, 15) is 9.59 Å². The van der Waals surface area contributed by atoms with Gasteiger partial charge in [-0.15, -0.1) is 0 Å². The van der Waals surface area contributed by atoms with E-state index in [1.54, 1.807) is 0 Å². The highest BCUT2D eigenvalue weighted by Crippen LogP contribution is 2.29. The quantitative estimate of drug-likeness (QED) is 0.361. The molecule has 1 aromatic carbocycles. The Kier molecular flexibility index (Phi) is 7.68. The van der Waals surface area contributed by atoms with Crippen molar-refractivity contribution in [2.24, 2.45) is 0 Å². The highest BCUT2D eigenvalue weighted by Gasteiger charge is 2.36. The number of piperidine rings is 2. The lowest BCUT2D eigenvalue weighted by molar-refractivity contribution is -0.140. The second-order valence-corrected chi connectivity index (χ2v) is 9.96. The summed E-state index contributed by atoms with van der Waals surface area (Å²) >= 11 is 7.21. The fourth-order valence-corrected chi connectivity index (χ4v) is 5.42. The van der Waals surface area contributed by atoms with Crippen LogP contribution in [-0.2, 0) is 9.59 Å². The lowest BCUT2D eigenvalue weighted by atomic mass is 10.1. The molecule has 2 aliphatic rings. The highest BCUT2D eigenvalue weighted by molar-refractivity contribution is 8.01. The Morgan fingerprint density at radius 1 is 0.875 bits per heavy atom. The minimum absolute atomic E-state index is 0.108. The van der Waals surface area contributed by atoms with Crippen LogP contribution in [0.15, 0.2) is 35.5 Å². The number of carbonyl (C=O) groups excluding carboxylic acids is 2. The van der Waals surface area contributed by atoms with E-state index in [0.29, 0.717) is 36.4 Å². The summed E-state index contributed by atoms with van der Waals surface area (Å²) in [7, 11) is 0. The van der Waals surface area contributed by atoms with E-state index in [2.05, 4.69) is 4.98 Å². The molecular formula is C24H29ClN4O2S. The topological polar surface area (TPSA) is 66.4 Å². The van der Waals surface area contributed by atoms with Crippen LogP contribution in [0, 0.1) is 6.92 Å². The average molecular weight is 473 g/mol. The maximum atomic E-state index is 13.5. The number of nitrogens with zero attached hydrogens (tertiary/aromatic N) is 4. The number of carbonyl (C=O) groups is 2. The van der Waals surface area contributed by atoms with Crippen LogP contribution in [0.25, 0.3) is 11.3 Å². The van der Waals surface area contributed by atoms with Crippen molar-refractivity contribution in [1.82, 2.24) is 19.8 Å². The molecule has 0 bridgehead atoms. The molecule has 4 rings (SSSR count). The van der Waals surface area contributed by atoms with Gasteiger partial charge in [0.15, 0.2) is 10.4 Å². The molecule has 0 atom stereocenters. The van der Waals surface area contributed by atoms with Crippen molar-refractivity contribution >= 4 is 35.2 Å². The summed E-state index contributed by atoms with van der Waals surface area (Å²) in [5, 5.41) is 0.273. The number of hydrogen-bond donors (Lipinski definition) is 0. The number of aryl methyl sites for hydroxylation is 1. The number of amides is 2. The number of likely N-dealkylation sites (tertiary alicyclic amines) is 2. The van der Waals surface area contributed by atoms with E-state index in [-0.39, 0.29) is 11.8 Å². The van der Waals surface area contributed by atoms with Crippen molar-refractivity contribution in [3.63, 3.8) is 0 Å². The van der Waals surface area contributed by atoms with E-state index in [4.69, 9.17) is 16.6 Å². The number of hydrogen-bond acceptors (Lipinski definition) is 5. The summed E-state index contributed by atoms with van der Waals surface area (Å²) in [5.41, 5.74) is 2.47. The van der Waals surface area contributed by atoms with Gasteiger partial charge in [0, 0.05) is 42.5 Å². The number of benzene rings is 1. The molecule has 0 N–H and O–H groups in total. The lowest BCUT2D eigenvalue weighted by Crippen LogP contribution is -2.50. The zero-order valence-corrected chi connectivity index (χ0v) is 20.0. The Hall–Kier alpha value is -2.12. The molecule has 1 aromatic heterocycles. The summed E-state index contributed by atoms with van der Waals surface area (Å²) < 4.78 is 0. The standard InChI is InChI=1S/C24H29ClN4O2S/c1-17-16-20(18-8-10-19(25)11-9-18)27-24(26-17)32-21(22(30)28-12-4-2-5-13-28)23(31)29-14-6-3-7-15-29/h8-11,16,21H,2-7,12-15H2,1H3. The van der Waals surface area contributed by atoms with Gasteiger partial charge < -0.3 is 9.80 Å². The minimum atomic E-state index is -0.842. The van der Waals surface area contributed by atoms with Gasteiger partial charge in [0.2, 0.25) is 11.8 Å². The average Bonchev–Trinajstić information content (AvgIpc) is 2.83. The largest absolute Gasteiger partial charge is 0.341 e. The Balaban J connectivity index is 1.61. The van der Waals surface area contributed by atoms with Crippen LogP contribution in [0.3, 0.4) is 0 Å². The first-order valence-corrected chi connectivity index (χ1v) is 12.6. The van der Waals surface area contributed by atoms with Crippen LogP contribution < -0.4 is 0 Å². The van der Waals surface area contributed by atoms with Crippen LogP contribution in [0.4, 0.5) is 0 Å². The smallest absolute Gasteiger partial charge is 0.245 e. The van der Waals surface area contributed by atoms with Gasteiger partial charge in [-0.1, -0.05) is 35.5 Å². The molecule has 0 radical (unpaired) electrons. The van der Waals surface area contributed by atoms with E-state index in [0.717, 1.165) is 55.5 Å². The molecule has 6 nitrogen and oxygen atoms in total. The lowest BCUT2D eigenvalue weighted by Gasteiger charge is -2.33. The number of aromatic nitrogens is 2. The second kappa shape index (κ2) is 10.7. The van der Waals surface area contributed by atoms with Gasteiger partial charge in [-0.3, -0.25) is 9.59 Å². The van der Waals surface area contributed by atoms with Crippen molar-refractivity contribution in [3.05, 3.63) is 41.0 Å². The van der Waals surface area contributed by atoms with Gasteiger partial charge >= 0.3 is 0 Å². The molecule has 2 aliphatic heterocycles. The van der Waals surface area contributed by atoms with E-state index in [1.165, 1.54) is 11.8 Å². The number of halogens is 1. The number of thioether (sulfide) groups is 1. The first-order valence-electron chi connectivity index (χ1n) is 11.4. The van der Waals surface area contributed by atoms with Gasteiger partial charge in [-0.05, 0) is 63.6 Å². The van der Waals surface area contributed by atoms with Gasteiger partial charge in [0.05, 0.1) is 5.69 Å². The van der Waals surface area contributed by atoms with Gasteiger partial charge in [0.25, 0.3) is 0 Å². The molecule has 2 amide bonds. The van der Waals surface area contributed by atoms with Crippen molar-refractivity contribution in [3.8, 4) is 11.3 Å².